The average Bonchev–Trinajstić information content (AvgIpc) is 3.06. The van der Waals surface area contributed by atoms with E-state index in [1.54, 1.807) is 11.8 Å². The standard InChI is InChI=1S/C15H14N2O4S/c1-17-7-9-8-5-13(10(18)3-4-14(19)20)22-12(8)6-11(21-2)15(9)16-17/h5-7H,3-4H2,1-2H3,(H,19,20). The van der Waals surface area contributed by atoms with Gasteiger partial charge in [-0.2, -0.15) is 5.10 Å². The van der Waals surface area contributed by atoms with Crippen molar-refractivity contribution >= 4 is 44.1 Å². The molecule has 2 aromatic heterocycles. The van der Waals surface area contributed by atoms with E-state index < -0.39 is 5.97 Å². The van der Waals surface area contributed by atoms with Crippen molar-refractivity contribution in [2.75, 3.05) is 7.11 Å². The van der Waals surface area contributed by atoms with Gasteiger partial charge in [0, 0.05) is 41.2 Å². The maximum atomic E-state index is 12.1. The Morgan fingerprint density at radius 1 is 1.32 bits per heavy atom. The van der Waals surface area contributed by atoms with Crippen molar-refractivity contribution in [1.82, 2.24) is 9.78 Å². The van der Waals surface area contributed by atoms with Crippen molar-refractivity contribution in [3.8, 4) is 5.75 Å². The number of aryl methyl sites for hydroxylation is 1. The molecule has 114 valence electrons. The number of carbonyl (C=O) groups excluding carboxylic acids is 1. The maximum absolute atomic E-state index is 12.1. The summed E-state index contributed by atoms with van der Waals surface area (Å²) in [6.45, 7) is 0. The topological polar surface area (TPSA) is 81.4 Å². The van der Waals surface area contributed by atoms with Crippen LogP contribution in [-0.2, 0) is 11.8 Å². The van der Waals surface area contributed by atoms with E-state index in [1.807, 2.05) is 25.4 Å². The molecule has 7 heteroatoms. The number of nitrogens with zero attached hydrogens (tertiary/aromatic N) is 2. The second-order valence-electron chi connectivity index (χ2n) is 4.98. The van der Waals surface area contributed by atoms with Gasteiger partial charge in [-0.05, 0) is 6.07 Å². The van der Waals surface area contributed by atoms with E-state index >= 15 is 0 Å². The lowest BCUT2D eigenvalue weighted by Gasteiger charge is -2.00. The van der Waals surface area contributed by atoms with Crippen LogP contribution in [0, 0.1) is 0 Å². The molecule has 22 heavy (non-hydrogen) atoms. The summed E-state index contributed by atoms with van der Waals surface area (Å²) < 4.78 is 8.00. The second kappa shape index (κ2) is 5.42. The van der Waals surface area contributed by atoms with Gasteiger partial charge in [0.1, 0.15) is 11.3 Å². The lowest BCUT2D eigenvalue weighted by atomic mass is 10.1. The van der Waals surface area contributed by atoms with Gasteiger partial charge in [0.2, 0.25) is 0 Å². The summed E-state index contributed by atoms with van der Waals surface area (Å²) in [5.74, 6) is -0.458. The summed E-state index contributed by atoms with van der Waals surface area (Å²) in [6.07, 6.45) is 1.74. The number of Topliss-reactive ketones (excluding diaryl/α,β-unsaturated/α-hetero) is 1. The molecule has 6 nitrogen and oxygen atoms in total. The van der Waals surface area contributed by atoms with E-state index in [1.165, 1.54) is 11.3 Å². The predicted molar refractivity (Wildman–Crippen MR) is 83.8 cm³/mol. The van der Waals surface area contributed by atoms with Gasteiger partial charge >= 0.3 is 5.97 Å². The van der Waals surface area contributed by atoms with Gasteiger partial charge in [0.05, 0.1) is 18.4 Å². The molecule has 0 amide bonds. The van der Waals surface area contributed by atoms with E-state index in [-0.39, 0.29) is 18.6 Å². The van der Waals surface area contributed by atoms with Crippen LogP contribution in [-0.4, -0.2) is 33.7 Å². The molecule has 0 unspecified atom stereocenters. The summed E-state index contributed by atoms with van der Waals surface area (Å²) >= 11 is 1.35. The van der Waals surface area contributed by atoms with Gasteiger partial charge in [-0.15, -0.1) is 11.3 Å². The van der Waals surface area contributed by atoms with Crippen LogP contribution in [0.3, 0.4) is 0 Å². The SMILES string of the molecule is COc1cc2sc(C(=O)CCC(=O)O)cc2c2cn(C)nc12. The highest BCUT2D eigenvalue weighted by atomic mass is 32.1. The molecule has 0 aliphatic carbocycles. The summed E-state index contributed by atoms with van der Waals surface area (Å²) in [4.78, 5) is 23.3. The number of carboxylic acids is 1. The molecule has 0 fully saturated rings. The van der Waals surface area contributed by atoms with E-state index in [9.17, 15) is 9.59 Å². The number of hydrogen-bond donors (Lipinski definition) is 1. The van der Waals surface area contributed by atoms with Crippen LogP contribution in [0.15, 0.2) is 18.3 Å². The molecule has 0 atom stereocenters. The highest BCUT2D eigenvalue weighted by Gasteiger charge is 2.17. The Hall–Kier alpha value is -2.41. The third-order valence-electron chi connectivity index (χ3n) is 3.44. The third kappa shape index (κ3) is 2.43. The fraction of sp³-hybridized carbons (Fsp3) is 0.267. The van der Waals surface area contributed by atoms with Crippen LogP contribution in [0.4, 0.5) is 0 Å². The van der Waals surface area contributed by atoms with Crippen molar-refractivity contribution in [3.05, 3.63) is 23.2 Å². The number of ether oxygens (including phenoxy) is 1. The van der Waals surface area contributed by atoms with E-state index in [4.69, 9.17) is 9.84 Å². The third-order valence-corrected chi connectivity index (χ3v) is 4.56. The van der Waals surface area contributed by atoms with Gasteiger partial charge in [0.15, 0.2) is 5.78 Å². The Morgan fingerprint density at radius 2 is 2.09 bits per heavy atom. The molecule has 3 rings (SSSR count). The van der Waals surface area contributed by atoms with Gasteiger partial charge in [0.25, 0.3) is 0 Å². The highest BCUT2D eigenvalue weighted by Crippen LogP contribution is 2.37. The van der Waals surface area contributed by atoms with Crippen molar-refractivity contribution in [3.63, 3.8) is 0 Å². The molecule has 0 bridgehead atoms. The first kappa shape index (κ1) is 14.5. The van der Waals surface area contributed by atoms with Crippen molar-refractivity contribution in [1.29, 1.82) is 0 Å². The average molecular weight is 318 g/mol. The Bertz CT molecular complexity index is 894. The number of hydrogen-bond acceptors (Lipinski definition) is 5. The second-order valence-corrected chi connectivity index (χ2v) is 6.07. The number of fused-ring (bicyclic) bond motifs is 3. The minimum atomic E-state index is -0.967. The number of rotatable bonds is 5. The zero-order valence-electron chi connectivity index (χ0n) is 12.1. The smallest absolute Gasteiger partial charge is 0.303 e. The van der Waals surface area contributed by atoms with Gasteiger partial charge < -0.3 is 9.84 Å². The zero-order valence-corrected chi connectivity index (χ0v) is 12.9. The summed E-state index contributed by atoms with van der Waals surface area (Å²) in [7, 11) is 3.42. The molecular weight excluding hydrogens is 304 g/mol. The first-order valence-electron chi connectivity index (χ1n) is 6.68. The van der Waals surface area contributed by atoms with Crippen molar-refractivity contribution in [2.45, 2.75) is 12.8 Å². The highest BCUT2D eigenvalue weighted by molar-refractivity contribution is 7.21. The normalized spacial score (nSPS) is 11.2. The molecule has 1 N–H and O–H groups in total. The van der Waals surface area contributed by atoms with Crippen molar-refractivity contribution in [2.24, 2.45) is 7.05 Å². The number of ketones is 1. The van der Waals surface area contributed by atoms with Crippen LogP contribution in [0.2, 0.25) is 0 Å². The Kier molecular flexibility index (Phi) is 3.58. The maximum Gasteiger partial charge on any atom is 0.303 e. The molecule has 0 aliphatic rings. The number of methoxy groups -OCH3 is 1. The van der Waals surface area contributed by atoms with E-state index in [0.717, 1.165) is 21.0 Å². The zero-order chi connectivity index (χ0) is 15.9. The minimum absolute atomic E-state index is 0.00940. The number of aliphatic carboxylic acids is 1. The summed E-state index contributed by atoms with van der Waals surface area (Å²) in [6, 6.07) is 3.68. The quantitative estimate of drug-likeness (QED) is 0.732. The van der Waals surface area contributed by atoms with Crippen LogP contribution >= 0.6 is 11.3 Å². The van der Waals surface area contributed by atoms with Crippen LogP contribution in [0.5, 0.6) is 5.75 Å². The lowest BCUT2D eigenvalue weighted by Crippen LogP contribution is -2.01. The number of aromatic nitrogens is 2. The molecule has 0 radical (unpaired) electrons. The molecule has 3 aromatic rings. The van der Waals surface area contributed by atoms with E-state index in [2.05, 4.69) is 5.10 Å². The molecule has 1 aromatic carbocycles. The molecular formula is C15H14N2O4S. The van der Waals surface area contributed by atoms with Gasteiger partial charge in [-0.1, -0.05) is 0 Å². The molecule has 0 spiro atoms. The predicted octanol–water partition coefficient (Wildman–Crippen LogP) is 2.84. The van der Waals surface area contributed by atoms with Crippen LogP contribution < -0.4 is 4.74 Å². The summed E-state index contributed by atoms with van der Waals surface area (Å²) in [5, 5.41) is 14.9. The van der Waals surface area contributed by atoms with E-state index in [0.29, 0.717) is 10.6 Å². The number of carbonyl (C=O) groups is 2. The monoisotopic (exact) mass is 318 g/mol. The Balaban J connectivity index is 2.11. The van der Waals surface area contributed by atoms with Crippen molar-refractivity contribution < 1.29 is 19.4 Å². The van der Waals surface area contributed by atoms with Crippen LogP contribution in [0.25, 0.3) is 21.0 Å². The Labute approximate surface area is 129 Å². The molecule has 0 saturated carbocycles. The molecule has 0 aliphatic heterocycles. The number of benzene rings is 1. The fourth-order valence-electron chi connectivity index (χ4n) is 2.41. The first-order chi connectivity index (χ1) is 10.5. The van der Waals surface area contributed by atoms with Crippen LogP contribution in [0.1, 0.15) is 22.5 Å². The largest absolute Gasteiger partial charge is 0.494 e. The minimum Gasteiger partial charge on any atom is -0.494 e. The number of thiophene rings is 1. The molecule has 2 heterocycles. The fourth-order valence-corrected chi connectivity index (χ4v) is 3.49. The first-order valence-corrected chi connectivity index (χ1v) is 7.50. The summed E-state index contributed by atoms with van der Waals surface area (Å²) in [5.41, 5.74) is 0.750. The molecule has 0 saturated heterocycles. The Morgan fingerprint density at radius 3 is 2.77 bits per heavy atom. The van der Waals surface area contributed by atoms with Gasteiger partial charge in [-0.25, -0.2) is 0 Å². The van der Waals surface area contributed by atoms with Gasteiger partial charge in [-0.3, -0.25) is 14.3 Å². The lowest BCUT2D eigenvalue weighted by molar-refractivity contribution is -0.136. The number of carboxylic acid groups (broad SMARTS) is 1.